The van der Waals surface area contributed by atoms with Gasteiger partial charge >= 0.3 is 0 Å². The van der Waals surface area contributed by atoms with E-state index >= 15 is 0 Å². The molecule has 4 aliphatic rings. The molecule has 5 atom stereocenters. The lowest BCUT2D eigenvalue weighted by Crippen LogP contribution is -2.50. The molecule has 0 fully saturated rings. The maximum absolute atomic E-state index is 12.3. The quantitative estimate of drug-likeness (QED) is 0.399. The molecule has 4 heteroatoms. The predicted molar refractivity (Wildman–Crippen MR) is 136 cm³/mol. The van der Waals surface area contributed by atoms with Crippen molar-refractivity contribution in [1.82, 2.24) is 0 Å². The van der Waals surface area contributed by atoms with Gasteiger partial charge in [-0.15, -0.1) is 0 Å². The first-order valence-corrected chi connectivity index (χ1v) is 12.8. The molecule has 0 saturated carbocycles. The van der Waals surface area contributed by atoms with Gasteiger partial charge in [-0.05, 0) is 83.9 Å². The number of aliphatic hydroxyl groups is 2. The van der Waals surface area contributed by atoms with Crippen LogP contribution in [0.4, 0.5) is 0 Å². The SMILES string of the molecule is CC1=CC2C3=C(C1CC2C(C)C)C(O)(c1ccc(Br)cc1)C=CC3(O)c1ccc(Br)cc1. The lowest BCUT2D eigenvalue weighted by Gasteiger charge is -2.54. The van der Waals surface area contributed by atoms with Gasteiger partial charge < -0.3 is 10.2 Å². The molecule has 4 aliphatic carbocycles. The number of allylic oxidation sites excluding steroid dienone is 2. The fraction of sp³-hybridized carbons (Fsp3) is 0.357. The summed E-state index contributed by atoms with van der Waals surface area (Å²) >= 11 is 7.03. The Morgan fingerprint density at radius 1 is 0.812 bits per heavy atom. The topological polar surface area (TPSA) is 40.5 Å². The summed E-state index contributed by atoms with van der Waals surface area (Å²) in [6, 6.07) is 15.8. The molecule has 0 aromatic heterocycles. The van der Waals surface area contributed by atoms with E-state index in [-0.39, 0.29) is 11.8 Å². The van der Waals surface area contributed by atoms with Crippen LogP contribution in [0.25, 0.3) is 0 Å². The highest BCUT2D eigenvalue weighted by Gasteiger charge is 2.55. The number of hydrogen-bond donors (Lipinski definition) is 2. The van der Waals surface area contributed by atoms with Crippen molar-refractivity contribution >= 4 is 31.9 Å². The van der Waals surface area contributed by atoms with Crippen molar-refractivity contribution < 1.29 is 10.2 Å². The summed E-state index contributed by atoms with van der Waals surface area (Å²) in [6.07, 6.45) is 6.99. The van der Waals surface area contributed by atoms with Gasteiger partial charge in [-0.1, -0.05) is 81.6 Å². The minimum atomic E-state index is -1.24. The van der Waals surface area contributed by atoms with Crippen LogP contribution in [0.1, 0.15) is 38.3 Å². The molecule has 0 spiro atoms. The van der Waals surface area contributed by atoms with Gasteiger partial charge in [0.1, 0.15) is 11.2 Å². The van der Waals surface area contributed by atoms with Gasteiger partial charge in [0, 0.05) is 20.8 Å². The molecule has 0 aliphatic heterocycles. The Labute approximate surface area is 207 Å². The summed E-state index contributed by atoms with van der Waals surface area (Å²) in [4.78, 5) is 0. The average Bonchev–Trinajstić information content (AvgIpc) is 2.77. The van der Waals surface area contributed by atoms with E-state index in [4.69, 9.17) is 0 Å². The van der Waals surface area contributed by atoms with Crippen molar-refractivity contribution in [3.63, 3.8) is 0 Å². The highest BCUT2D eigenvalue weighted by molar-refractivity contribution is 9.10. The molecule has 6 rings (SSSR count). The Morgan fingerprint density at radius 3 is 1.75 bits per heavy atom. The second-order valence-electron chi connectivity index (χ2n) is 9.84. The van der Waals surface area contributed by atoms with E-state index in [1.54, 1.807) is 0 Å². The van der Waals surface area contributed by atoms with E-state index in [0.29, 0.717) is 11.8 Å². The summed E-state index contributed by atoms with van der Waals surface area (Å²) in [5, 5.41) is 24.5. The van der Waals surface area contributed by atoms with E-state index in [1.807, 2.05) is 60.7 Å². The van der Waals surface area contributed by atoms with Gasteiger partial charge in [0.05, 0.1) is 0 Å². The van der Waals surface area contributed by atoms with Gasteiger partial charge in [-0.2, -0.15) is 0 Å². The van der Waals surface area contributed by atoms with Crippen LogP contribution in [0.5, 0.6) is 0 Å². The zero-order valence-electron chi connectivity index (χ0n) is 18.5. The molecule has 5 unspecified atom stereocenters. The highest BCUT2D eigenvalue weighted by atomic mass is 79.9. The van der Waals surface area contributed by atoms with Crippen molar-refractivity contribution in [2.75, 3.05) is 0 Å². The first-order valence-electron chi connectivity index (χ1n) is 11.3. The summed E-state index contributed by atoms with van der Waals surface area (Å²) in [5.41, 5.74) is 2.42. The molecular weight excluding hydrogens is 528 g/mol. The maximum Gasteiger partial charge on any atom is 0.130 e. The molecule has 2 bridgehead atoms. The number of benzene rings is 2. The minimum absolute atomic E-state index is 0.0931. The molecule has 2 aromatic carbocycles. The van der Waals surface area contributed by atoms with E-state index < -0.39 is 11.2 Å². The molecular formula is C28H28Br2O2. The molecule has 2 aromatic rings. The smallest absolute Gasteiger partial charge is 0.130 e. The second kappa shape index (κ2) is 7.80. The third-order valence-electron chi connectivity index (χ3n) is 7.75. The molecule has 166 valence electrons. The number of halogens is 2. The summed E-state index contributed by atoms with van der Waals surface area (Å²) < 4.78 is 1.96. The van der Waals surface area contributed by atoms with Crippen LogP contribution < -0.4 is 0 Å². The van der Waals surface area contributed by atoms with Gasteiger partial charge in [-0.25, -0.2) is 0 Å². The largest absolute Gasteiger partial charge is 0.377 e. The van der Waals surface area contributed by atoms with Crippen molar-refractivity contribution in [1.29, 1.82) is 0 Å². The lowest BCUT2D eigenvalue weighted by atomic mass is 9.52. The zero-order chi connectivity index (χ0) is 22.8. The molecule has 32 heavy (non-hydrogen) atoms. The number of fused-ring (bicyclic) bond motifs is 1. The first kappa shape index (κ1) is 22.3. The maximum atomic E-state index is 12.3. The standard InChI is InChI=1S/C28H28Br2O2/c1-16(2)22-15-23-17(3)14-24(22)26-25(23)27(31,18-4-8-20(29)9-5-18)12-13-28(26,32)19-6-10-21(30)11-7-19/h4-14,16,22-24,31-32H,15H2,1-3H3. The Bertz CT molecular complexity index is 1140. The average molecular weight is 556 g/mol. The van der Waals surface area contributed by atoms with Crippen LogP contribution in [0.15, 0.2) is 92.4 Å². The van der Waals surface area contributed by atoms with Crippen molar-refractivity contribution in [3.05, 3.63) is 104 Å². The van der Waals surface area contributed by atoms with Crippen LogP contribution in [0.3, 0.4) is 0 Å². The molecule has 2 nitrogen and oxygen atoms in total. The van der Waals surface area contributed by atoms with Gasteiger partial charge in [0.15, 0.2) is 0 Å². The normalized spacial score (nSPS) is 33.5. The summed E-state index contributed by atoms with van der Waals surface area (Å²) in [5.74, 6) is 1.13. The van der Waals surface area contributed by atoms with Crippen LogP contribution in [0, 0.1) is 23.7 Å². The molecule has 0 saturated heterocycles. The summed E-state index contributed by atoms with van der Waals surface area (Å²) in [6.45, 7) is 6.72. The van der Waals surface area contributed by atoms with Crippen LogP contribution in [0.2, 0.25) is 0 Å². The third-order valence-corrected chi connectivity index (χ3v) is 8.80. The second-order valence-corrected chi connectivity index (χ2v) is 11.7. The first-order chi connectivity index (χ1) is 15.1. The number of hydrogen-bond acceptors (Lipinski definition) is 2. The van der Waals surface area contributed by atoms with Crippen LogP contribution in [-0.2, 0) is 11.2 Å². The highest BCUT2D eigenvalue weighted by Crippen LogP contribution is 2.61. The molecule has 0 amide bonds. The predicted octanol–water partition coefficient (Wildman–Crippen LogP) is 7.02. The molecule has 0 heterocycles. The van der Waals surface area contributed by atoms with Gasteiger partial charge in [0.2, 0.25) is 0 Å². The monoisotopic (exact) mass is 554 g/mol. The van der Waals surface area contributed by atoms with E-state index in [0.717, 1.165) is 37.6 Å². The zero-order valence-corrected chi connectivity index (χ0v) is 21.7. The van der Waals surface area contributed by atoms with E-state index in [2.05, 4.69) is 58.7 Å². The Balaban J connectivity index is 1.77. The van der Waals surface area contributed by atoms with Gasteiger partial charge in [0.25, 0.3) is 0 Å². The lowest BCUT2D eigenvalue weighted by molar-refractivity contribution is 0.0465. The number of rotatable bonds is 3. The van der Waals surface area contributed by atoms with E-state index in [1.165, 1.54) is 5.57 Å². The van der Waals surface area contributed by atoms with Crippen molar-refractivity contribution in [2.45, 2.75) is 38.4 Å². The Kier molecular flexibility index (Phi) is 5.45. The third kappa shape index (κ3) is 3.26. The molecule has 0 radical (unpaired) electrons. The summed E-state index contributed by atoms with van der Waals surface area (Å²) in [7, 11) is 0. The van der Waals surface area contributed by atoms with Crippen molar-refractivity contribution in [3.8, 4) is 0 Å². The van der Waals surface area contributed by atoms with Crippen molar-refractivity contribution in [2.24, 2.45) is 23.7 Å². The van der Waals surface area contributed by atoms with E-state index in [9.17, 15) is 10.2 Å². The fourth-order valence-corrected chi connectivity index (χ4v) is 6.62. The molecule has 2 N–H and O–H groups in total. The van der Waals surface area contributed by atoms with Crippen LogP contribution in [-0.4, -0.2) is 10.2 Å². The fourth-order valence-electron chi connectivity index (χ4n) is 6.09. The Morgan fingerprint density at radius 2 is 1.28 bits per heavy atom. The van der Waals surface area contributed by atoms with Gasteiger partial charge in [-0.3, -0.25) is 0 Å². The Hall–Kier alpha value is -1.46. The van der Waals surface area contributed by atoms with Crippen LogP contribution >= 0.6 is 31.9 Å². The minimum Gasteiger partial charge on any atom is -0.377 e.